The molecule has 0 amide bonds. The number of hydrogen-bond donors (Lipinski definition) is 1. The van der Waals surface area contributed by atoms with Gasteiger partial charge in [0.05, 0.1) is 7.11 Å². The van der Waals surface area contributed by atoms with Gasteiger partial charge in [0.1, 0.15) is 0 Å². The molecule has 0 aliphatic rings. The highest BCUT2D eigenvalue weighted by atomic mass is 35.5. The second-order valence-electron chi connectivity index (χ2n) is 3.07. The van der Waals surface area contributed by atoms with Crippen molar-refractivity contribution in [3.63, 3.8) is 0 Å². The molecule has 5 heteroatoms. The van der Waals surface area contributed by atoms with Crippen LogP contribution in [0.2, 0.25) is 5.02 Å². The Morgan fingerprint density at radius 1 is 1.53 bits per heavy atom. The fourth-order valence-electron chi connectivity index (χ4n) is 1.04. The molecule has 0 bridgehead atoms. The Bertz CT molecular complexity index is 370. The van der Waals surface area contributed by atoms with Crippen molar-refractivity contribution in [1.82, 2.24) is 5.06 Å². The number of aryl methyl sites for hydroxylation is 1. The Kier molecular flexibility index (Phi) is 4.32. The van der Waals surface area contributed by atoms with Crippen molar-refractivity contribution in [2.24, 2.45) is 0 Å². The van der Waals surface area contributed by atoms with E-state index in [2.05, 4.69) is 5.32 Å². The second-order valence-corrected chi connectivity index (χ2v) is 3.89. The largest absolute Gasteiger partial charge is 0.331 e. The normalized spacial score (nSPS) is 9.87. The Balaban J connectivity index is 2.77. The van der Waals surface area contributed by atoms with Crippen LogP contribution in [-0.2, 0) is 4.84 Å². The highest BCUT2D eigenvalue weighted by Crippen LogP contribution is 2.19. The first-order chi connectivity index (χ1) is 7.04. The average Bonchev–Trinajstić information content (AvgIpc) is 2.20. The molecule has 15 heavy (non-hydrogen) atoms. The fourth-order valence-corrected chi connectivity index (χ4v) is 1.46. The summed E-state index contributed by atoms with van der Waals surface area (Å²) in [4.78, 5) is 4.95. The predicted molar refractivity (Wildman–Crippen MR) is 67.2 cm³/mol. The SMILES string of the molecule is CON(C)C(=S)Nc1ccc(Cl)cc1C. The third kappa shape index (κ3) is 3.34. The molecule has 0 aromatic heterocycles. The van der Waals surface area contributed by atoms with E-state index in [0.29, 0.717) is 10.1 Å². The number of benzene rings is 1. The van der Waals surface area contributed by atoms with Crippen LogP contribution in [0.1, 0.15) is 5.56 Å². The van der Waals surface area contributed by atoms with Gasteiger partial charge in [-0.2, -0.15) is 0 Å². The summed E-state index contributed by atoms with van der Waals surface area (Å²) in [5, 5.41) is 5.75. The molecule has 0 fully saturated rings. The van der Waals surface area contributed by atoms with E-state index in [-0.39, 0.29) is 0 Å². The Labute approximate surface area is 99.9 Å². The minimum Gasteiger partial charge on any atom is -0.331 e. The summed E-state index contributed by atoms with van der Waals surface area (Å²) in [5.41, 5.74) is 1.96. The van der Waals surface area contributed by atoms with E-state index in [1.807, 2.05) is 25.1 Å². The monoisotopic (exact) mass is 244 g/mol. The number of anilines is 1. The summed E-state index contributed by atoms with van der Waals surface area (Å²) in [5.74, 6) is 0. The smallest absolute Gasteiger partial charge is 0.197 e. The number of rotatable bonds is 2. The average molecular weight is 245 g/mol. The molecule has 0 aliphatic heterocycles. The van der Waals surface area contributed by atoms with E-state index in [9.17, 15) is 0 Å². The van der Waals surface area contributed by atoms with Crippen molar-refractivity contribution < 1.29 is 4.84 Å². The van der Waals surface area contributed by atoms with E-state index >= 15 is 0 Å². The molecule has 1 aromatic carbocycles. The van der Waals surface area contributed by atoms with Crippen molar-refractivity contribution in [3.05, 3.63) is 28.8 Å². The van der Waals surface area contributed by atoms with Gasteiger partial charge in [-0.05, 0) is 42.9 Å². The summed E-state index contributed by atoms with van der Waals surface area (Å²) >= 11 is 11.0. The minimum absolute atomic E-state index is 0.503. The van der Waals surface area contributed by atoms with Crippen LogP contribution < -0.4 is 5.32 Å². The Morgan fingerprint density at radius 2 is 2.20 bits per heavy atom. The number of nitrogens with zero attached hydrogens (tertiary/aromatic N) is 1. The molecule has 1 rings (SSSR count). The van der Waals surface area contributed by atoms with E-state index in [1.54, 1.807) is 14.2 Å². The molecular weight excluding hydrogens is 232 g/mol. The molecule has 0 atom stereocenters. The lowest BCUT2D eigenvalue weighted by atomic mass is 10.2. The van der Waals surface area contributed by atoms with Crippen molar-refractivity contribution in [1.29, 1.82) is 0 Å². The fraction of sp³-hybridized carbons (Fsp3) is 0.300. The van der Waals surface area contributed by atoms with Crippen LogP contribution in [0.15, 0.2) is 18.2 Å². The van der Waals surface area contributed by atoms with Gasteiger partial charge in [-0.25, -0.2) is 5.06 Å². The molecule has 0 unspecified atom stereocenters. The van der Waals surface area contributed by atoms with Crippen LogP contribution in [0.4, 0.5) is 5.69 Å². The first-order valence-corrected chi connectivity index (χ1v) is 5.18. The van der Waals surface area contributed by atoms with Gasteiger partial charge in [0.25, 0.3) is 0 Å². The lowest BCUT2D eigenvalue weighted by molar-refractivity contribution is -0.0391. The highest BCUT2D eigenvalue weighted by molar-refractivity contribution is 7.80. The van der Waals surface area contributed by atoms with Gasteiger partial charge in [0.2, 0.25) is 0 Å². The highest BCUT2D eigenvalue weighted by Gasteiger charge is 2.05. The maximum Gasteiger partial charge on any atom is 0.197 e. The quantitative estimate of drug-likeness (QED) is 0.639. The zero-order valence-corrected chi connectivity index (χ0v) is 10.4. The van der Waals surface area contributed by atoms with Gasteiger partial charge in [0, 0.05) is 17.8 Å². The molecule has 0 saturated heterocycles. The molecule has 0 aliphatic carbocycles. The van der Waals surface area contributed by atoms with Crippen molar-refractivity contribution >= 4 is 34.6 Å². The number of thiocarbonyl (C=S) groups is 1. The van der Waals surface area contributed by atoms with Gasteiger partial charge >= 0.3 is 0 Å². The zero-order valence-electron chi connectivity index (χ0n) is 8.87. The van der Waals surface area contributed by atoms with E-state index < -0.39 is 0 Å². The van der Waals surface area contributed by atoms with Crippen LogP contribution in [0.25, 0.3) is 0 Å². The first-order valence-electron chi connectivity index (χ1n) is 4.39. The molecule has 3 nitrogen and oxygen atoms in total. The molecule has 0 radical (unpaired) electrons. The van der Waals surface area contributed by atoms with Gasteiger partial charge in [-0.15, -0.1) is 0 Å². The van der Waals surface area contributed by atoms with Gasteiger partial charge < -0.3 is 5.32 Å². The molecule has 82 valence electrons. The van der Waals surface area contributed by atoms with Gasteiger partial charge in [-0.1, -0.05) is 11.6 Å². The molecule has 1 aromatic rings. The van der Waals surface area contributed by atoms with Crippen molar-refractivity contribution in [2.75, 3.05) is 19.5 Å². The van der Waals surface area contributed by atoms with Crippen LogP contribution in [0, 0.1) is 6.92 Å². The number of nitrogens with one attached hydrogen (secondary N) is 1. The van der Waals surface area contributed by atoms with Crippen molar-refractivity contribution in [2.45, 2.75) is 6.92 Å². The van der Waals surface area contributed by atoms with Crippen molar-refractivity contribution in [3.8, 4) is 0 Å². The lowest BCUT2D eigenvalue weighted by Gasteiger charge is -2.18. The summed E-state index contributed by atoms with van der Waals surface area (Å²) in [6, 6.07) is 5.57. The summed E-state index contributed by atoms with van der Waals surface area (Å²) in [7, 11) is 3.29. The maximum atomic E-state index is 5.85. The lowest BCUT2D eigenvalue weighted by Crippen LogP contribution is -2.30. The van der Waals surface area contributed by atoms with Gasteiger partial charge in [0.15, 0.2) is 5.11 Å². The molecular formula is C10H13ClN2OS. The summed E-state index contributed by atoms with van der Waals surface area (Å²) in [6.07, 6.45) is 0. The molecule has 0 spiro atoms. The first kappa shape index (κ1) is 12.2. The Hall–Kier alpha value is -0.840. The summed E-state index contributed by atoms with van der Waals surface area (Å²) < 4.78 is 0. The van der Waals surface area contributed by atoms with Crippen LogP contribution >= 0.6 is 23.8 Å². The van der Waals surface area contributed by atoms with Crippen LogP contribution in [0.3, 0.4) is 0 Å². The molecule has 0 heterocycles. The summed E-state index contributed by atoms with van der Waals surface area (Å²) in [6.45, 7) is 1.96. The van der Waals surface area contributed by atoms with E-state index in [1.165, 1.54) is 5.06 Å². The van der Waals surface area contributed by atoms with Gasteiger partial charge in [-0.3, -0.25) is 4.84 Å². The third-order valence-electron chi connectivity index (χ3n) is 1.99. The molecule has 1 N–H and O–H groups in total. The number of hydrogen-bond acceptors (Lipinski definition) is 2. The van der Waals surface area contributed by atoms with E-state index in [4.69, 9.17) is 28.7 Å². The minimum atomic E-state index is 0.503. The van der Waals surface area contributed by atoms with Crippen LogP contribution in [-0.4, -0.2) is 24.3 Å². The third-order valence-corrected chi connectivity index (χ3v) is 2.58. The molecule has 0 saturated carbocycles. The van der Waals surface area contributed by atoms with E-state index in [0.717, 1.165) is 11.3 Å². The number of hydroxylamine groups is 2. The number of halogens is 1. The Morgan fingerprint density at radius 3 is 2.73 bits per heavy atom. The maximum absolute atomic E-state index is 5.85. The standard InChI is InChI=1S/C10H13ClN2OS/c1-7-6-8(11)4-5-9(7)12-10(15)13(2)14-3/h4-6H,1-3H3,(H,12,15). The second kappa shape index (κ2) is 5.30. The predicted octanol–water partition coefficient (Wildman–Crippen LogP) is 2.84. The topological polar surface area (TPSA) is 24.5 Å². The van der Waals surface area contributed by atoms with Crippen LogP contribution in [0.5, 0.6) is 0 Å². The zero-order chi connectivity index (χ0) is 11.4.